The van der Waals surface area contributed by atoms with Crippen LogP contribution in [0.4, 0.5) is 4.39 Å². The van der Waals surface area contributed by atoms with Gasteiger partial charge in [0.2, 0.25) is 0 Å². The highest BCUT2D eigenvalue weighted by atomic mass is 19.1. The van der Waals surface area contributed by atoms with Gasteiger partial charge in [-0.1, -0.05) is 19.4 Å². The van der Waals surface area contributed by atoms with Crippen molar-refractivity contribution in [3.05, 3.63) is 23.7 Å². The first-order chi connectivity index (χ1) is 6.25. The average Bonchev–Trinajstić information content (AvgIpc) is 2.12. The first-order valence-electron chi connectivity index (χ1n) is 4.83. The van der Waals surface area contributed by atoms with Crippen LogP contribution < -0.4 is 0 Å². The Bertz CT molecular complexity index is 261. The lowest BCUT2D eigenvalue weighted by Crippen LogP contribution is -1.99. The van der Waals surface area contributed by atoms with Gasteiger partial charge in [0.15, 0.2) is 0 Å². The van der Waals surface area contributed by atoms with Crippen LogP contribution in [-0.2, 0) is 0 Å². The van der Waals surface area contributed by atoms with Gasteiger partial charge in [-0.15, -0.1) is 0 Å². The van der Waals surface area contributed by atoms with Crippen molar-refractivity contribution in [3.63, 3.8) is 0 Å². The minimum atomic E-state index is -0.0915. The number of aliphatic imine (C=N–C) groups is 1. The van der Waals surface area contributed by atoms with Crippen LogP contribution in [0.25, 0.3) is 0 Å². The number of hydrogen-bond donors (Lipinski definition) is 0. The summed E-state index contributed by atoms with van der Waals surface area (Å²) in [7, 11) is 0. The van der Waals surface area contributed by atoms with Crippen molar-refractivity contribution in [1.29, 1.82) is 0 Å². The third-order valence-electron chi connectivity index (χ3n) is 2.17. The molecule has 0 unspecified atom stereocenters. The van der Waals surface area contributed by atoms with E-state index in [1.165, 1.54) is 0 Å². The quantitative estimate of drug-likeness (QED) is 0.614. The Morgan fingerprint density at radius 3 is 3.00 bits per heavy atom. The predicted molar refractivity (Wildman–Crippen MR) is 54.5 cm³/mol. The average molecular weight is 181 g/mol. The number of hydrogen-bond acceptors (Lipinski definition) is 1. The van der Waals surface area contributed by atoms with E-state index in [1.807, 2.05) is 6.08 Å². The summed E-state index contributed by atoms with van der Waals surface area (Å²) in [6.45, 7) is 3.79. The zero-order chi connectivity index (χ0) is 9.68. The van der Waals surface area contributed by atoms with Gasteiger partial charge < -0.3 is 0 Å². The van der Waals surface area contributed by atoms with Crippen molar-refractivity contribution in [2.45, 2.75) is 39.5 Å². The van der Waals surface area contributed by atoms with Crippen molar-refractivity contribution in [2.24, 2.45) is 4.99 Å². The topological polar surface area (TPSA) is 12.4 Å². The second-order valence-electron chi connectivity index (χ2n) is 3.31. The summed E-state index contributed by atoms with van der Waals surface area (Å²) in [5.41, 5.74) is 1.44. The molecule has 0 saturated heterocycles. The van der Waals surface area contributed by atoms with Gasteiger partial charge in [-0.25, -0.2) is 4.39 Å². The minimum Gasteiger partial charge on any atom is -0.259 e. The Kier molecular flexibility index (Phi) is 3.87. The van der Waals surface area contributed by atoms with E-state index in [4.69, 9.17) is 0 Å². The molecule has 0 N–H and O–H groups in total. The number of nitrogens with zero attached hydrogens (tertiary/aromatic N) is 1. The molecular weight excluding hydrogens is 165 g/mol. The van der Waals surface area contributed by atoms with Gasteiger partial charge in [-0.2, -0.15) is 0 Å². The predicted octanol–water partition coefficient (Wildman–Crippen LogP) is 3.78. The highest BCUT2D eigenvalue weighted by molar-refractivity contribution is 5.97. The van der Waals surface area contributed by atoms with E-state index < -0.39 is 0 Å². The van der Waals surface area contributed by atoms with Crippen LogP contribution in [0, 0.1) is 0 Å². The molecule has 1 heterocycles. The molecular formula is C11H16FN. The summed E-state index contributed by atoms with van der Waals surface area (Å²) >= 11 is 0. The highest BCUT2D eigenvalue weighted by Gasteiger charge is 2.09. The largest absolute Gasteiger partial charge is 0.259 e. The Hall–Kier alpha value is -0.920. The minimum absolute atomic E-state index is 0.0915. The monoisotopic (exact) mass is 181 g/mol. The molecule has 0 aromatic heterocycles. The maximum atomic E-state index is 13.6. The molecule has 2 heteroatoms. The zero-order valence-corrected chi connectivity index (χ0v) is 8.31. The smallest absolute Gasteiger partial charge is 0.143 e. The maximum Gasteiger partial charge on any atom is 0.143 e. The standard InChI is InChI=1S/C11H16FN/c1-3-6-10-7-4-5-8-13-9(2)11(10)12/h5,8H,3-4,6-7H2,1-2H3/b8-5-,11-10+,13-9-. The molecule has 1 aliphatic rings. The van der Waals surface area contributed by atoms with E-state index in [-0.39, 0.29) is 5.83 Å². The zero-order valence-electron chi connectivity index (χ0n) is 8.31. The van der Waals surface area contributed by atoms with Crippen LogP contribution in [0.15, 0.2) is 28.7 Å². The normalized spacial score (nSPS) is 30.2. The lowest BCUT2D eigenvalue weighted by Gasteiger charge is -2.08. The SMILES string of the molecule is CCC/C1=C(F)/C(C)=N\C=C/CC1. The molecule has 1 nitrogen and oxygen atoms in total. The molecule has 0 saturated carbocycles. The molecule has 1 aliphatic heterocycles. The van der Waals surface area contributed by atoms with Crippen LogP contribution in [0.5, 0.6) is 0 Å². The molecule has 13 heavy (non-hydrogen) atoms. The van der Waals surface area contributed by atoms with Gasteiger partial charge in [0, 0.05) is 6.20 Å². The highest BCUT2D eigenvalue weighted by Crippen LogP contribution is 2.21. The van der Waals surface area contributed by atoms with E-state index in [0.717, 1.165) is 31.3 Å². The molecule has 0 aromatic rings. The number of rotatable bonds is 2. The van der Waals surface area contributed by atoms with Crippen molar-refractivity contribution < 1.29 is 4.39 Å². The van der Waals surface area contributed by atoms with Crippen LogP contribution in [-0.4, -0.2) is 5.71 Å². The van der Waals surface area contributed by atoms with Crippen LogP contribution in [0.1, 0.15) is 39.5 Å². The van der Waals surface area contributed by atoms with E-state index in [1.54, 1.807) is 13.1 Å². The lowest BCUT2D eigenvalue weighted by molar-refractivity contribution is 0.640. The second kappa shape index (κ2) is 4.95. The first kappa shape index (κ1) is 10.2. The van der Waals surface area contributed by atoms with E-state index in [0.29, 0.717) is 5.71 Å². The third-order valence-corrected chi connectivity index (χ3v) is 2.17. The van der Waals surface area contributed by atoms with E-state index >= 15 is 0 Å². The van der Waals surface area contributed by atoms with Crippen molar-refractivity contribution in [1.82, 2.24) is 0 Å². The molecule has 0 fully saturated rings. The third kappa shape index (κ3) is 2.79. The van der Waals surface area contributed by atoms with Crippen molar-refractivity contribution >= 4 is 5.71 Å². The molecule has 1 rings (SSSR count). The molecule has 0 aromatic carbocycles. The Balaban J connectivity index is 2.88. The summed E-state index contributed by atoms with van der Waals surface area (Å²) in [6.07, 6.45) is 7.28. The fourth-order valence-corrected chi connectivity index (χ4v) is 1.46. The molecule has 0 bridgehead atoms. The number of halogens is 1. The molecule has 0 radical (unpaired) electrons. The summed E-state index contributed by atoms with van der Waals surface area (Å²) in [4.78, 5) is 4.00. The van der Waals surface area contributed by atoms with Gasteiger partial charge in [0.05, 0.1) is 5.71 Å². The number of allylic oxidation sites excluding steroid dienone is 3. The molecule has 72 valence electrons. The Morgan fingerprint density at radius 1 is 1.54 bits per heavy atom. The van der Waals surface area contributed by atoms with Crippen LogP contribution in [0.3, 0.4) is 0 Å². The molecule has 0 aliphatic carbocycles. The fourth-order valence-electron chi connectivity index (χ4n) is 1.46. The van der Waals surface area contributed by atoms with E-state index in [2.05, 4.69) is 11.9 Å². The van der Waals surface area contributed by atoms with Gasteiger partial charge in [-0.05, 0) is 31.8 Å². The molecule has 0 atom stereocenters. The van der Waals surface area contributed by atoms with E-state index in [9.17, 15) is 4.39 Å². The molecule has 0 spiro atoms. The first-order valence-corrected chi connectivity index (χ1v) is 4.83. The molecule has 0 amide bonds. The van der Waals surface area contributed by atoms with Gasteiger partial charge >= 0.3 is 0 Å². The van der Waals surface area contributed by atoms with Crippen LogP contribution in [0.2, 0.25) is 0 Å². The summed E-state index contributed by atoms with van der Waals surface area (Å²) in [6, 6.07) is 0. The van der Waals surface area contributed by atoms with Gasteiger partial charge in [0.25, 0.3) is 0 Å². The van der Waals surface area contributed by atoms with Crippen molar-refractivity contribution in [2.75, 3.05) is 0 Å². The second-order valence-corrected chi connectivity index (χ2v) is 3.31. The Morgan fingerprint density at radius 2 is 2.31 bits per heavy atom. The summed E-state index contributed by atoms with van der Waals surface area (Å²) in [5.74, 6) is -0.0915. The summed E-state index contributed by atoms with van der Waals surface area (Å²) < 4.78 is 13.6. The summed E-state index contributed by atoms with van der Waals surface area (Å²) in [5, 5.41) is 0. The Labute approximate surface area is 79.1 Å². The van der Waals surface area contributed by atoms with Crippen LogP contribution >= 0.6 is 0 Å². The van der Waals surface area contributed by atoms with Gasteiger partial charge in [0.1, 0.15) is 5.83 Å². The van der Waals surface area contributed by atoms with Gasteiger partial charge in [-0.3, -0.25) is 4.99 Å². The maximum absolute atomic E-state index is 13.6. The van der Waals surface area contributed by atoms with Crippen molar-refractivity contribution in [3.8, 4) is 0 Å². The fraction of sp³-hybridized carbons (Fsp3) is 0.545. The lowest BCUT2D eigenvalue weighted by atomic mass is 10.0.